The normalized spacial score (nSPS) is 11.5. The number of halogens is 1. The summed E-state index contributed by atoms with van der Waals surface area (Å²) < 4.78 is 1.77. The highest BCUT2D eigenvalue weighted by atomic mass is 35.5. The fourth-order valence-corrected chi connectivity index (χ4v) is 4.08. The maximum atomic E-state index is 6.11. The third-order valence-electron chi connectivity index (χ3n) is 4.15. The van der Waals surface area contributed by atoms with E-state index in [1.165, 1.54) is 11.3 Å². The number of rotatable bonds is 2. The topological polar surface area (TPSA) is 56.0 Å². The average Bonchev–Trinajstić information content (AvgIpc) is 3.21. The summed E-state index contributed by atoms with van der Waals surface area (Å²) in [5.74, 6) is 0.681. The van der Waals surface area contributed by atoms with Crippen LogP contribution in [0.3, 0.4) is 0 Å². The Balaban J connectivity index is 1.73. The highest BCUT2D eigenvalue weighted by Gasteiger charge is 2.16. The Bertz CT molecular complexity index is 1270. The number of hydrogen-bond donors (Lipinski definition) is 0. The van der Waals surface area contributed by atoms with Gasteiger partial charge in [-0.1, -0.05) is 53.3 Å². The van der Waals surface area contributed by atoms with Crippen molar-refractivity contribution in [3.8, 4) is 22.0 Å². The van der Waals surface area contributed by atoms with E-state index >= 15 is 0 Å². The molecule has 126 valence electrons. The lowest BCUT2D eigenvalue weighted by molar-refractivity contribution is 0.971. The van der Waals surface area contributed by atoms with Crippen LogP contribution in [0.5, 0.6) is 0 Å². The maximum Gasteiger partial charge on any atom is 0.235 e. The van der Waals surface area contributed by atoms with Gasteiger partial charge in [0, 0.05) is 27.2 Å². The lowest BCUT2D eigenvalue weighted by atomic mass is 10.1. The maximum absolute atomic E-state index is 6.11. The standard InChI is InChI=1S/C19H12ClN5S/c1-11-9-15(14-7-2-3-8-16(14)21-11)18-24-25-17(22-23-19(25)26-18)12-5-4-6-13(20)10-12/h2-10H,1H3. The molecule has 0 unspecified atom stereocenters. The highest BCUT2D eigenvalue weighted by molar-refractivity contribution is 7.20. The van der Waals surface area contributed by atoms with E-state index in [1.807, 2.05) is 49.4 Å². The minimum atomic E-state index is 0.658. The fraction of sp³-hybridized carbons (Fsp3) is 0.0526. The molecule has 7 heteroatoms. The molecule has 3 aromatic heterocycles. The van der Waals surface area contributed by atoms with Gasteiger partial charge in [-0.2, -0.15) is 9.61 Å². The van der Waals surface area contributed by atoms with E-state index in [0.717, 1.165) is 37.7 Å². The molecule has 0 aliphatic heterocycles. The molecule has 5 aromatic rings. The molecule has 0 aliphatic rings. The first-order valence-corrected chi connectivity index (χ1v) is 9.23. The Labute approximate surface area is 157 Å². The number of fused-ring (bicyclic) bond motifs is 2. The minimum absolute atomic E-state index is 0.658. The molecule has 0 fully saturated rings. The van der Waals surface area contributed by atoms with Gasteiger partial charge in [0.2, 0.25) is 4.96 Å². The lowest BCUT2D eigenvalue weighted by Crippen LogP contribution is -1.92. The summed E-state index contributed by atoms with van der Waals surface area (Å²) in [6.07, 6.45) is 0. The summed E-state index contributed by atoms with van der Waals surface area (Å²) in [7, 11) is 0. The quantitative estimate of drug-likeness (QED) is 0.433. The SMILES string of the molecule is Cc1cc(-c2nn3c(-c4cccc(Cl)c4)nnc3s2)c2ccccc2n1. The van der Waals surface area contributed by atoms with Gasteiger partial charge in [0.05, 0.1) is 5.52 Å². The van der Waals surface area contributed by atoms with Crippen molar-refractivity contribution in [2.45, 2.75) is 6.92 Å². The van der Waals surface area contributed by atoms with Crippen LogP contribution in [0.4, 0.5) is 0 Å². The molecule has 0 saturated heterocycles. The van der Waals surface area contributed by atoms with Gasteiger partial charge in [0.15, 0.2) is 5.82 Å². The zero-order chi connectivity index (χ0) is 17.7. The van der Waals surface area contributed by atoms with Crippen molar-refractivity contribution in [2.75, 3.05) is 0 Å². The molecule has 0 radical (unpaired) electrons. The van der Waals surface area contributed by atoms with Crippen molar-refractivity contribution in [2.24, 2.45) is 0 Å². The highest BCUT2D eigenvalue weighted by Crippen LogP contribution is 2.33. The molecule has 26 heavy (non-hydrogen) atoms. The van der Waals surface area contributed by atoms with Gasteiger partial charge in [-0.05, 0) is 31.2 Å². The molecule has 0 aliphatic carbocycles. The zero-order valence-corrected chi connectivity index (χ0v) is 15.3. The van der Waals surface area contributed by atoms with E-state index in [9.17, 15) is 0 Å². The third kappa shape index (κ3) is 2.46. The van der Waals surface area contributed by atoms with Gasteiger partial charge in [-0.3, -0.25) is 4.98 Å². The zero-order valence-electron chi connectivity index (χ0n) is 13.7. The summed E-state index contributed by atoms with van der Waals surface area (Å²) in [4.78, 5) is 5.35. The van der Waals surface area contributed by atoms with Crippen molar-refractivity contribution in [3.05, 3.63) is 65.3 Å². The second-order valence-corrected chi connectivity index (χ2v) is 7.36. The monoisotopic (exact) mass is 377 g/mol. The summed E-state index contributed by atoms with van der Waals surface area (Å²) in [5, 5.41) is 16.0. The van der Waals surface area contributed by atoms with Crippen LogP contribution < -0.4 is 0 Å². The van der Waals surface area contributed by atoms with Gasteiger partial charge in [-0.25, -0.2) is 0 Å². The predicted molar refractivity (Wildman–Crippen MR) is 105 cm³/mol. The van der Waals surface area contributed by atoms with Crippen LogP contribution in [0, 0.1) is 6.92 Å². The van der Waals surface area contributed by atoms with E-state index in [0.29, 0.717) is 10.8 Å². The first kappa shape index (κ1) is 15.4. The van der Waals surface area contributed by atoms with E-state index in [1.54, 1.807) is 4.52 Å². The molecule has 2 aromatic carbocycles. The van der Waals surface area contributed by atoms with Gasteiger partial charge in [0.1, 0.15) is 5.01 Å². The summed E-state index contributed by atoms with van der Waals surface area (Å²) in [6.45, 7) is 1.99. The van der Waals surface area contributed by atoms with Crippen molar-refractivity contribution in [1.29, 1.82) is 0 Å². The van der Waals surface area contributed by atoms with E-state index in [4.69, 9.17) is 16.7 Å². The van der Waals surface area contributed by atoms with Gasteiger partial charge in [-0.15, -0.1) is 10.2 Å². The number of nitrogens with zero attached hydrogens (tertiary/aromatic N) is 5. The van der Waals surface area contributed by atoms with Crippen LogP contribution in [0.25, 0.3) is 37.8 Å². The summed E-state index contributed by atoms with van der Waals surface area (Å²) in [5.41, 5.74) is 3.86. The third-order valence-corrected chi connectivity index (χ3v) is 5.32. The van der Waals surface area contributed by atoms with Crippen molar-refractivity contribution in [1.82, 2.24) is 24.8 Å². The summed E-state index contributed by atoms with van der Waals surface area (Å²) >= 11 is 7.63. The van der Waals surface area contributed by atoms with Crippen LogP contribution in [0.15, 0.2) is 54.6 Å². The fourth-order valence-electron chi connectivity index (χ4n) is 3.02. The average molecular weight is 378 g/mol. The molecular formula is C19H12ClN5S. The summed E-state index contributed by atoms with van der Waals surface area (Å²) in [6, 6.07) is 17.7. The Hall–Kier alpha value is -2.83. The molecule has 5 rings (SSSR count). The Morgan fingerprint density at radius 2 is 1.88 bits per heavy atom. The molecule has 0 atom stereocenters. The lowest BCUT2D eigenvalue weighted by Gasteiger charge is -2.04. The van der Waals surface area contributed by atoms with Gasteiger partial charge in [0.25, 0.3) is 0 Å². The number of hydrogen-bond acceptors (Lipinski definition) is 5. The molecule has 0 amide bonds. The number of benzene rings is 2. The number of aryl methyl sites for hydroxylation is 1. The Morgan fingerprint density at radius 3 is 2.77 bits per heavy atom. The molecular weight excluding hydrogens is 366 g/mol. The van der Waals surface area contributed by atoms with Crippen molar-refractivity contribution in [3.63, 3.8) is 0 Å². The molecule has 5 nitrogen and oxygen atoms in total. The number of aromatic nitrogens is 5. The first-order valence-electron chi connectivity index (χ1n) is 8.04. The van der Waals surface area contributed by atoms with Gasteiger partial charge >= 0.3 is 0 Å². The van der Waals surface area contributed by atoms with Crippen LogP contribution in [0.1, 0.15) is 5.69 Å². The van der Waals surface area contributed by atoms with Gasteiger partial charge < -0.3 is 0 Å². The van der Waals surface area contributed by atoms with E-state index in [-0.39, 0.29) is 0 Å². The van der Waals surface area contributed by atoms with E-state index < -0.39 is 0 Å². The van der Waals surface area contributed by atoms with E-state index in [2.05, 4.69) is 27.3 Å². The van der Waals surface area contributed by atoms with Crippen LogP contribution in [0.2, 0.25) is 5.02 Å². The second kappa shape index (κ2) is 5.86. The van der Waals surface area contributed by atoms with Crippen LogP contribution in [-0.2, 0) is 0 Å². The molecule has 3 heterocycles. The van der Waals surface area contributed by atoms with Crippen molar-refractivity contribution < 1.29 is 0 Å². The molecule has 0 N–H and O–H groups in total. The number of para-hydroxylation sites is 1. The smallest absolute Gasteiger partial charge is 0.235 e. The van der Waals surface area contributed by atoms with Crippen LogP contribution >= 0.6 is 22.9 Å². The largest absolute Gasteiger partial charge is 0.253 e. The molecule has 0 saturated carbocycles. The number of pyridine rings is 1. The Kier molecular flexibility index (Phi) is 3.48. The molecule has 0 spiro atoms. The predicted octanol–water partition coefficient (Wildman–Crippen LogP) is 5.03. The Morgan fingerprint density at radius 1 is 1.00 bits per heavy atom. The first-order chi connectivity index (χ1) is 12.7. The molecule has 0 bridgehead atoms. The van der Waals surface area contributed by atoms with Crippen molar-refractivity contribution >= 4 is 38.8 Å². The van der Waals surface area contributed by atoms with Crippen LogP contribution in [-0.4, -0.2) is 24.8 Å². The second-order valence-electron chi connectivity index (χ2n) is 5.96. The minimum Gasteiger partial charge on any atom is -0.253 e.